The number of nitrogens with one attached hydrogen (secondary N) is 1. The van der Waals surface area contributed by atoms with Crippen LogP contribution in [0.2, 0.25) is 0 Å². The topological polar surface area (TPSA) is 180 Å². The normalized spacial score (nSPS) is 13.0. The SMILES string of the molecule is Cn1nc(S(N)(=O)=O)s/c1=N/S(=O)(=O)c1ccc(NC(=O)CCN)cc1. The van der Waals surface area contributed by atoms with E-state index in [1.54, 1.807) is 0 Å². The second kappa shape index (κ2) is 7.63. The average Bonchev–Trinajstić information content (AvgIpc) is 2.88. The molecule has 0 fully saturated rings. The Morgan fingerprint density at radius 3 is 2.38 bits per heavy atom. The number of sulfonamides is 2. The summed E-state index contributed by atoms with van der Waals surface area (Å²) < 4.78 is 51.4. The summed E-state index contributed by atoms with van der Waals surface area (Å²) in [5.41, 5.74) is 5.68. The van der Waals surface area contributed by atoms with E-state index < -0.39 is 24.4 Å². The van der Waals surface area contributed by atoms with E-state index in [0.717, 1.165) is 4.68 Å². The number of carbonyl (C=O) groups excluding carboxylic acids is 1. The van der Waals surface area contributed by atoms with E-state index in [-0.39, 0.29) is 28.6 Å². The van der Waals surface area contributed by atoms with Gasteiger partial charge in [-0.3, -0.25) is 4.79 Å². The van der Waals surface area contributed by atoms with Gasteiger partial charge >= 0.3 is 0 Å². The Hall–Kier alpha value is -2.13. The molecule has 1 amide bonds. The van der Waals surface area contributed by atoms with Crippen LogP contribution >= 0.6 is 11.3 Å². The molecule has 14 heteroatoms. The fourth-order valence-electron chi connectivity index (χ4n) is 1.74. The van der Waals surface area contributed by atoms with Gasteiger partial charge in [-0.1, -0.05) is 11.3 Å². The molecule has 26 heavy (non-hydrogen) atoms. The predicted molar refractivity (Wildman–Crippen MR) is 94.0 cm³/mol. The van der Waals surface area contributed by atoms with Crippen molar-refractivity contribution in [1.82, 2.24) is 9.78 Å². The Kier molecular flexibility index (Phi) is 5.92. The Morgan fingerprint density at radius 2 is 1.88 bits per heavy atom. The van der Waals surface area contributed by atoms with Crippen LogP contribution in [-0.4, -0.2) is 39.1 Å². The second-order valence-corrected chi connectivity index (χ2v) is 9.29. The highest BCUT2D eigenvalue weighted by Crippen LogP contribution is 2.16. The number of aryl methyl sites for hydroxylation is 1. The Bertz CT molecular complexity index is 1080. The van der Waals surface area contributed by atoms with Crippen LogP contribution < -0.4 is 21.0 Å². The summed E-state index contributed by atoms with van der Waals surface area (Å²) in [6.45, 7) is 0.198. The summed E-state index contributed by atoms with van der Waals surface area (Å²) in [5.74, 6) is -0.292. The van der Waals surface area contributed by atoms with Crippen LogP contribution in [-0.2, 0) is 31.9 Å². The first-order valence-corrected chi connectivity index (χ1v) is 10.8. The summed E-state index contributed by atoms with van der Waals surface area (Å²) in [4.78, 5) is 11.2. The minimum atomic E-state index is -4.12. The summed E-state index contributed by atoms with van der Waals surface area (Å²) in [6, 6.07) is 5.33. The molecule has 2 aromatic rings. The van der Waals surface area contributed by atoms with Gasteiger partial charge in [0.05, 0.1) is 4.90 Å². The van der Waals surface area contributed by atoms with Crippen LogP contribution in [0.25, 0.3) is 0 Å². The molecular weight excluding hydrogens is 404 g/mol. The van der Waals surface area contributed by atoms with Gasteiger partial charge in [0.1, 0.15) is 0 Å². The largest absolute Gasteiger partial charge is 0.330 e. The third kappa shape index (κ3) is 4.95. The quantitative estimate of drug-likeness (QED) is 0.519. The number of anilines is 1. The van der Waals surface area contributed by atoms with Gasteiger partial charge < -0.3 is 11.1 Å². The first-order chi connectivity index (χ1) is 12.0. The summed E-state index contributed by atoms with van der Waals surface area (Å²) in [5, 5.41) is 11.2. The van der Waals surface area contributed by atoms with Crippen LogP contribution in [0.5, 0.6) is 0 Å². The number of nitrogens with zero attached hydrogens (tertiary/aromatic N) is 3. The minimum Gasteiger partial charge on any atom is -0.330 e. The molecule has 0 bridgehead atoms. The first-order valence-electron chi connectivity index (χ1n) is 7.01. The van der Waals surface area contributed by atoms with Crippen molar-refractivity contribution in [3.63, 3.8) is 0 Å². The lowest BCUT2D eigenvalue weighted by molar-refractivity contribution is -0.116. The number of amides is 1. The third-order valence-corrected chi connectivity index (χ3v) is 6.64. The maximum atomic E-state index is 12.4. The number of hydrogen-bond donors (Lipinski definition) is 3. The smallest absolute Gasteiger partial charge is 0.285 e. The van der Waals surface area contributed by atoms with Gasteiger partial charge in [-0.05, 0) is 24.3 Å². The van der Waals surface area contributed by atoms with Crippen LogP contribution in [0.4, 0.5) is 5.69 Å². The van der Waals surface area contributed by atoms with Gasteiger partial charge in [0.25, 0.3) is 20.0 Å². The lowest BCUT2D eigenvalue weighted by atomic mass is 10.3. The molecule has 1 heterocycles. The maximum absolute atomic E-state index is 12.4. The number of benzene rings is 1. The summed E-state index contributed by atoms with van der Waals surface area (Å²) in [6.07, 6.45) is 0.143. The zero-order valence-electron chi connectivity index (χ0n) is 13.5. The van der Waals surface area contributed by atoms with E-state index in [9.17, 15) is 21.6 Å². The third-order valence-electron chi connectivity index (χ3n) is 2.94. The Morgan fingerprint density at radius 1 is 1.27 bits per heavy atom. The molecule has 0 unspecified atom stereocenters. The van der Waals surface area contributed by atoms with E-state index in [0.29, 0.717) is 17.0 Å². The molecule has 0 spiro atoms. The van der Waals surface area contributed by atoms with Gasteiger partial charge in [-0.25, -0.2) is 18.2 Å². The summed E-state index contributed by atoms with van der Waals surface area (Å²) >= 11 is 0.529. The zero-order valence-corrected chi connectivity index (χ0v) is 15.9. The molecule has 11 nitrogen and oxygen atoms in total. The number of hydrogen-bond acceptors (Lipinski definition) is 8. The molecule has 1 aromatic carbocycles. The molecule has 142 valence electrons. The van der Waals surface area contributed by atoms with Gasteiger partial charge in [0.15, 0.2) is 0 Å². The number of carbonyl (C=O) groups is 1. The highest BCUT2D eigenvalue weighted by molar-refractivity contribution is 7.91. The molecule has 0 aliphatic carbocycles. The van der Waals surface area contributed by atoms with Gasteiger partial charge in [0, 0.05) is 25.7 Å². The number of nitrogens with two attached hydrogens (primary N) is 2. The van der Waals surface area contributed by atoms with E-state index in [4.69, 9.17) is 10.9 Å². The summed E-state index contributed by atoms with van der Waals surface area (Å²) in [7, 11) is -6.84. The van der Waals surface area contributed by atoms with Gasteiger partial charge in [-0.15, -0.1) is 9.50 Å². The van der Waals surface area contributed by atoms with Gasteiger partial charge in [0.2, 0.25) is 15.0 Å². The zero-order chi connectivity index (χ0) is 19.5. The molecule has 2 rings (SSSR count). The van der Waals surface area contributed by atoms with Crippen molar-refractivity contribution in [2.75, 3.05) is 11.9 Å². The Balaban J connectivity index is 2.34. The van der Waals surface area contributed by atoms with E-state index >= 15 is 0 Å². The van der Waals surface area contributed by atoms with Crippen LogP contribution in [0.15, 0.2) is 37.9 Å². The molecule has 0 radical (unpaired) electrons. The molecule has 0 saturated carbocycles. The molecular formula is C12H16N6O5S3. The Labute approximate surface area is 153 Å². The number of aromatic nitrogens is 2. The number of rotatable bonds is 6. The fraction of sp³-hybridized carbons (Fsp3) is 0.250. The van der Waals surface area contributed by atoms with E-state index in [1.807, 2.05) is 0 Å². The second-order valence-electron chi connectivity index (χ2n) is 5.00. The van der Waals surface area contributed by atoms with Crippen molar-refractivity contribution in [2.45, 2.75) is 15.7 Å². The van der Waals surface area contributed by atoms with Crippen molar-refractivity contribution in [2.24, 2.45) is 22.3 Å². The van der Waals surface area contributed by atoms with Crippen molar-refractivity contribution in [3.05, 3.63) is 29.1 Å². The molecule has 1 aromatic heterocycles. The van der Waals surface area contributed by atoms with Crippen molar-refractivity contribution >= 4 is 43.0 Å². The molecule has 0 aliphatic rings. The molecule has 0 saturated heterocycles. The molecule has 0 aliphatic heterocycles. The monoisotopic (exact) mass is 420 g/mol. The van der Waals surface area contributed by atoms with Crippen LogP contribution in [0.3, 0.4) is 0 Å². The molecule has 0 atom stereocenters. The lowest BCUT2D eigenvalue weighted by Crippen LogP contribution is -2.16. The van der Waals surface area contributed by atoms with Gasteiger partial charge in [-0.2, -0.15) is 8.42 Å². The standard InChI is InChI=1S/C12H16N6O5S3/c1-18-11(24-12(16-18)25(14,20)21)17-26(22,23)9-4-2-8(3-5-9)15-10(19)6-7-13/h2-5H,6-7,13H2,1H3,(H,15,19)(H2,14,20,21)/b17-11+. The predicted octanol–water partition coefficient (Wildman–Crippen LogP) is -1.29. The van der Waals surface area contributed by atoms with Crippen LogP contribution in [0.1, 0.15) is 6.42 Å². The minimum absolute atomic E-state index is 0.139. The highest BCUT2D eigenvalue weighted by atomic mass is 32.2. The van der Waals surface area contributed by atoms with Crippen LogP contribution in [0, 0.1) is 0 Å². The highest BCUT2D eigenvalue weighted by Gasteiger charge is 2.18. The number of primary sulfonamides is 1. The molecule has 5 N–H and O–H groups in total. The lowest BCUT2D eigenvalue weighted by Gasteiger charge is -2.05. The van der Waals surface area contributed by atoms with E-state index in [1.165, 1.54) is 31.3 Å². The van der Waals surface area contributed by atoms with Crippen molar-refractivity contribution < 1.29 is 21.6 Å². The van der Waals surface area contributed by atoms with Crippen molar-refractivity contribution in [3.8, 4) is 0 Å². The van der Waals surface area contributed by atoms with Crippen molar-refractivity contribution in [1.29, 1.82) is 0 Å². The first kappa shape index (κ1) is 20.2. The fourth-order valence-corrected chi connectivity index (χ4v) is 4.51. The average molecular weight is 420 g/mol. The van der Waals surface area contributed by atoms with E-state index in [2.05, 4.69) is 14.8 Å². The maximum Gasteiger partial charge on any atom is 0.285 e.